The van der Waals surface area contributed by atoms with Crippen LogP contribution in [0.15, 0.2) is 22.7 Å². The molecule has 18 heavy (non-hydrogen) atoms. The van der Waals surface area contributed by atoms with Crippen LogP contribution in [-0.4, -0.2) is 13.1 Å². The quantitative estimate of drug-likeness (QED) is 0.819. The highest BCUT2D eigenvalue weighted by atomic mass is 79.9. The minimum Gasteiger partial charge on any atom is -0.371 e. The first kappa shape index (κ1) is 13.4. The second kappa shape index (κ2) is 5.75. The third kappa shape index (κ3) is 3.05. The molecule has 1 fully saturated rings. The van der Waals surface area contributed by atoms with Gasteiger partial charge in [0.2, 0.25) is 0 Å². The maximum absolute atomic E-state index is 9.01. The van der Waals surface area contributed by atoms with E-state index in [0.717, 1.165) is 35.0 Å². The van der Waals surface area contributed by atoms with Crippen molar-refractivity contribution in [1.29, 1.82) is 5.26 Å². The SMILES string of the molecule is CC(C)C1CCN(c2cc(Br)cc(C#N)c2)CC1. The van der Waals surface area contributed by atoms with Crippen molar-refractivity contribution in [3.8, 4) is 6.07 Å². The number of piperidine rings is 1. The van der Waals surface area contributed by atoms with E-state index in [2.05, 4.69) is 46.8 Å². The maximum atomic E-state index is 9.01. The predicted octanol–water partition coefficient (Wildman–Crippen LogP) is 4.19. The molecule has 0 aliphatic carbocycles. The normalized spacial score (nSPS) is 16.9. The van der Waals surface area contributed by atoms with E-state index in [-0.39, 0.29) is 0 Å². The van der Waals surface area contributed by atoms with E-state index in [0.29, 0.717) is 0 Å². The van der Waals surface area contributed by atoms with Crippen LogP contribution in [-0.2, 0) is 0 Å². The highest BCUT2D eigenvalue weighted by Crippen LogP contribution is 2.29. The summed E-state index contributed by atoms with van der Waals surface area (Å²) in [6.45, 7) is 6.83. The van der Waals surface area contributed by atoms with Crippen molar-refractivity contribution in [2.75, 3.05) is 18.0 Å². The Morgan fingerprint density at radius 3 is 2.50 bits per heavy atom. The van der Waals surface area contributed by atoms with Gasteiger partial charge in [0, 0.05) is 23.2 Å². The van der Waals surface area contributed by atoms with Crippen LogP contribution in [0.2, 0.25) is 0 Å². The van der Waals surface area contributed by atoms with Crippen LogP contribution in [0.3, 0.4) is 0 Å². The summed E-state index contributed by atoms with van der Waals surface area (Å²) in [6.07, 6.45) is 2.51. The summed E-state index contributed by atoms with van der Waals surface area (Å²) in [4.78, 5) is 2.39. The van der Waals surface area contributed by atoms with Gasteiger partial charge in [0.15, 0.2) is 0 Å². The number of nitriles is 1. The van der Waals surface area contributed by atoms with Crippen LogP contribution in [0, 0.1) is 23.2 Å². The topological polar surface area (TPSA) is 27.0 Å². The molecule has 0 spiro atoms. The van der Waals surface area contributed by atoms with E-state index in [1.54, 1.807) is 0 Å². The lowest BCUT2D eigenvalue weighted by Gasteiger charge is -2.35. The molecular weight excluding hydrogens is 288 g/mol. The Bertz CT molecular complexity index is 454. The van der Waals surface area contributed by atoms with Gasteiger partial charge in [-0.05, 0) is 42.9 Å². The lowest BCUT2D eigenvalue weighted by atomic mass is 9.86. The first-order valence-electron chi connectivity index (χ1n) is 6.56. The molecule has 0 saturated carbocycles. The first-order valence-corrected chi connectivity index (χ1v) is 7.35. The molecule has 0 N–H and O–H groups in total. The van der Waals surface area contributed by atoms with Crippen LogP contribution in [0.4, 0.5) is 5.69 Å². The van der Waals surface area contributed by atoms with Gasteiger partial charge in [-0.1, -0.05) is 29.8 Å². The van der Waals surface area contributed by atoms with Crippen LogP contribution >= 0.6 is 15.9 Å². The van der Waals surface area contributed by atoms with E-state index >= 15 is 0 Å². The Labute approximate surface area is 118 Å². The molecule has 2 nitrogen and oxygen atoms in total. The molecule has 1 aromatic carbocycles. The maximum Gasteiger partial charge on any atom is 0.0992 e. The monoisotopic (exact) mass is 306 g/mol. The zero-order valence-electron chi connectivity index (χ0n) is 11.0. The lowest BCUT2D eigenvalue weighted by Crippen LogP contribution is -2.35. The van der Waals surface area contributed by atoms with Crippen LogP contribution < -0.4 is 4.90 Å². The molecule has 1 heterocycles. The average molecular weight is 307 g/mol. The largest absolute Gasteiger partial charge is 0.371 e. The number of benzene rings is 1. The van der Waals surface area contributed by atoms with Gasteiger partial charge in [0.1, 0.15) is 0 Å². The summed E-state index contributed by atoms with van der Waals surface area (Å²) in [5.41, 5.74) is 1.90. The van der Waals surface area contributed by atoms with Crippen molar-refractivity contribution in [3.63, 3.8) is 0 Å². The molecular formula is C15H19BrN2. The molecule has 1 aliphatic rings. The van der Waals surface area contributed by atoms with Gasteiger partial charge in [-0.2, -0.15) is 5.26 Å². The van der Waals surface area contributed by atoms with E-state index in [1.807, 2.05) is 12.1 Å². The molecule has 0 unspecified atom stereocenters. The van der Waals surface area contributed by atoms with Crippen molar-refractivity contribution >= 4 is 21.6 Å². The second-order valence-corrected chi connectivity index (χ2v) is 6.29. The molecule has 1 aliphatic heterocycles. The summed E-state index contributed by atoms with van der Waals surface area (Å²) in [6, 6.07) is 8.18. The van der Waals surface area contributed by atoms with E-state index in [9.17, 15) is 0 Å². The molecule has 2 rings (SSSR count). The van der Waals surface area contributed by atoms with Gasteiger partial charge < -0.3 is 4.90 Å². The summed E-state index contributed by atoms with van der Waals surface area (Å²) in [7, 11) is 0. The molecule has 0 radical (unpaired) electrons. The van der Waals surface area contributed by atoms with Gasteiger partial charge in [0.25, 0.3) is 0 Å². The third-order valence-electron chi connectivity index (χ3n) is 3.86. The Hall–Kier alpha value is -1.01. The average Bonchev–Trinajstić information content (AvgIpc) is 2.38. The Balaban J connectivity index is 2.10. The number of anilines is 1. The Kier molecular flexibility index (Phi) is 4.29. The Morgan fingerprint density at radius 1 is 1.28 bits per heavy atom. The highest BCUT2D eigenvalue weighted by Gasteiger charge is 2.21. The molecule has 1 aromatic rings. The smallest absolute Gasteiger partial charge is 0.0992 e. The minimum atomic E-state index is 0.727. The zero-order valence-corrected chi connectivity index (χ0v) is 12.6. The van der Waals surface area contributed by atoms with Gasteiger partial charge in [-0.25, -0.2) is 0 Å². The third-order valence-corrected chi connectivity index (χ3v) is 4.32. The van der Waals surface area contributed by atoms with Crippen molar-refractivity contribution in [2.45, 2.75) is 26.7 Å². The molecule has 0 amide bonds. The zero-order chi connectivity index (χ0) is 13.1. The van der Waals surface area contributed by atoms with E-state index in [4.69, 9.17) is 5.26 Å². The van der Waals surface area contributed by atoms with Crippen molar-refractivity contribution < 1.29 is 0 Å². The molecule has 0 bridgehead atoms. The molecule has 3 heteroatoms. The fourth-order valence-corrected chi connectivity index (χ4v) is 3.13. The van der Waals surface area contributed by atoms with Gasteiger partial charge >= 0.3 is 0 Å². The fraction of sp³-hybridized carbons (Fsp3) is 0.533. The molecule has 96 valence electrons. The predicted molar refractivity (Wildman–Crippen MR) is 78.6 cm³/mol. The highest BCUT2D eigenvalue weighted by molar-refractivity contribution is 9.10. The van der Waals surface area contributed by atoms with Crippen molar-refractivity contribution in [1.82, 2.24) is 0 Å². The molecule has 0 atom stereocenters. The Morgan fingerprint density at radius 2 is 1.94 bits per heavy atom. The van der Waals surface area contributed by atoms with Crippen molar-refractivity contribution in [3.05, 3.63) is 28.2 Å². The fourth-order valence-electron chi connectivity index (χ4n) is 2.65. The molecule has 0 aromatic heterocycles. The first-order chi connectivity index (χ1) is 8.60. The van der Waals surface area contributed by atoms with E-state index < -0.39 is 0 Å². The number of hydrogen-bond donors (Lipinski definition) is 0. The van der Waals surface area contributed by atoms with Crippen molar-refractivity contribution in [2.24, 2.45) is 11.8 Å². The van der Waals surface area contributed by atoms with Crippen LogP contribution in [0.5, 0.6) is 0 Å². The number of rotatable bonds is 2. The van der Waals surface area contributed by atoms with Crippen LogP contribution in [0.1, 0.15) is 32.3 Å². The van der Waals surface area contributed by atoms with Gasteiger partial charge in [0.05, 0.1) is 11.6 Å². The summed E-state index contributed by atoms with van der Waals surface area (Å²) in [5, 5.41) is 9.01. The standard InChI is InChI=1S/C15H19BrN2/c1-11(2)13-3-5-18(6-4-13)15-8-12(10-17)7-14(16)9-15/h7-9,11,13H,3-6H2,1-2H3. The minimum absolute atomic E-state index is 0.727. The molecule has 1 saturated heterocycles. The second-order valence-electron chi connectivity index (χ2n) is 5.38. The number of nitrogens with zero attached hydrogens (tertiary/aromatic N) is 2. The van der Waals surface area contributed by atoms with Crippen LogP contribution in [0.25, 0.3) is 0 Å². The van der Waals surface area contributed by atoms with E-state index in [1.165, 1.54) is 18.5 Å². The number of halogens is 1. The number of hydrogen-bond acceptors (Lipinski definition) is 2. The van der Waals surface area contributed by atoms with Gasteiger partial charge in [-0.3, -0.25) is 0 Å². The summed E-state index contributed by atoms with van der Waals surface area (Å²) in [5.74, 6) is 1.63. The summed E-state index contributed by atoms with van der Waals surface area (Å²) >= 11 is 3.48. The summed E-state index contributed by atoms with van der Waals surface area (Å²) < 4.78 is 0.988. The lowest BCUT2D eigenvalue weighted by molar-refractivity contribution is 0.311. The van der Waals surface area contributed by atoms with Gasteiger partial charge in [-0.15, -0.1) is 0 Å².